The van der Waals surface area contributed by atoms with Crippen LogP contribution in [0.4, 0.5) is 16.2 Å². The van der Waals surface area contributed by atoms with E-state index < -0.39 is 28.0 Å². The van der Waals surface area contributed by atoms with Gasteiger partial charge in [0.2, 0.25) is 15.9 Å². The summed E-state index contributed by atoms with van der Waals surface area (Å²) in [5.74, 6) is -0.479. The number of carbonyl (C=O) groups excluding carboxylic acids is 2. The minimum atomic E-state index is -3.32. The van der Waals surface area contributed by atoms with Gasteiger partial charge in [0.25, 0.3) is 0 Å². The number of carbonyl (C=O) groups is 2. The third-order valence-electron chi connectivity index (χ3n) is 2.43. The van der Waals surface area contributed by atoms with E-state index >= 15 is 0 Å². The zero-order valence-corrected chi connectivity index (χ0v) is 12.7. The molecule has 1 atom stereocenters. The maximum Gasteiger partial charge on any atom is 0.321 e. The molecule has 0 aromatic heterocycles. The van der Waals surface area contributed by atoms with Crippen molar-refractivity contribution in [3.8, 4) is 0 Å². The number of hydrogen-bond acceptors (Lipinski definition) is 5. The van der Waals surface area contributed by atoms with Gasteiger partial charge >= 0.3 is 6.03 Å². The van der Waals surface area contributed by atoms with Crippen molar-refractivity contribution in [3.05, 3.63) is 24.3 Å². The number of imide groups is 1. The van der Waals surface area contributed by atoms with Gasteiger partial charge in [0.05, 0.1) is 6.26 Å². The van der Waals surface area contributed by atoms with Crippen molar-refractivity contribution < 1.29 is 18.0 Å². The van der Waals surface area contributed by atoms with Gasteiger partial charge < -0.3 is 10.6 Å². The maximum atomic E-state index is 11.6. The molecular formula is C12H18N4O4S. The van der Waals surface area contributed by atoms with Crippen molar-refractivity contribution in [1.82, 2.24) is 10.6 Å². The second-order valence-corrected chi connectivity index (χ2v) is 6.13. The van der Waals surface area contributed by atoms with Gasteiger partial charge in [-0.05, 0) is 31.2 Å². The molecule has 0 aliphatic rings. The second-order valence-electron chi connectivity index (χ2n) is 4.39. The van der Waals surface area contributed by atoms with Gasteiger partial charge in [-0.25, -0.2) is 13.2 Å². The molecule has 0 unspecified atom stereocenters. The van der Waals surface area contributed by atoms with E-state index in [4.69, 9.17) is 0 Å². The molecule has 0 heterocycles. The van der Waals surface area contributed by atoms with E-state index in [2.05, 4.69) is 20.7 Å². The molecule has 1 rings (SSSR count). The fourth-order valence-corrected chi connectivity index (χ4v) is 2.01. The van der Waals surface area contributed by atoms with Gasteiger partial charge in [-0.3, -0.25) is 14.8 Å². The predicted molar refractivity (Wildman–Crippen MR) is 80.6 cm³/mol. The Morgan fingerprint density at radius 3 is 2.10 bits per heavy atom. The predicted octanol–water partition coefficient (Wildman–Crippen LogP) is 0.314. The number of sulfonamides is 1. The fourth-order valence-electron chi connectivity index (χ4n) is 1.45. The summed E-state index contributed by atoms with van der Waals surface area (Å²) < 4.78 is 24.5. The largest absolute Gasteiger partial charge is 0.374 e. The topological polar surface area (TPSA) is 116 Å². The lowest BCUT2D eigenvalue weighted by Crippen LogP contribution is -2.44. The third kappa shape index (κ3) is 6.13. The van der Waals surface area contributed by atoms with Crippen molar-refractivity contribution >= 4 is 33.3 Å². The van der Waals surface area contributed by atoms with Crippen LogP contribution in [0.1, 0.15) is 6.92 Å². The molecule has 0 bridgehead atoms. The van der Waals surface area contributed by atoms with E-state index in [0.717, 1.165) is 6.26 Å². The average Bonchev–Trinajstić information content (AvgIpc) is 2.39. The minimum absolute atomic E-state index is 0.422. The van der Waals surface area contributed by atoms with Gasteiger partial charge in [-0.1, -0.05) is 0 Å². The molecule has 8 nitrogen and oxygen atoms in total. The Labute approximate surface area is 123 Å². The summed E-state index contributed by atoms with van der Waals surface area (Å²) in [5, 5.41) is 7.32. The van der Waals surface area contributed by atoms with Crippen LogP contribution in [-0.4, -0.2) is 39.7 Å². The highest BCUT2D eigenvalue weighted by molar-refractivity contribution is 7.92. The van der Waals surface area contributed by atoms with E-state index in [1.807, 2.05) is 0 Å². The second kappa shape index (κ2) is 6.93. The van der Waals surface area contributed by atoms with Crippen LogP contribution in [0.5, 0.6) is 0 Å². The van der Waals surface area contributed by atoms with Crippen molar-refractivity contribution in [2.24, 2.45) is 0 Å². The Morgan fingerprint density at radius 2 is 1.62 bits per heavy atom. The van der Waals surface area contributed by atoms with Crippen LogP contribution < -0.4 is 20.7 Å². The Balaban J connectivity index is 2.63. The molecule has 0 radical (unpaired) electrons. The molecule has 9 heteroatoms. The van der Waals surface area contributed by atoms with Crippen molar-refractivity contribution in [2.75, 3.05) is 23.3 Å². The van der Waals surface area contributed by atoms with Crippen LogP contribution >= 0.6 is 0 Å². The van der Waals surface area contributed by atoms with E-state index in [1.165, 1.54) is 7.05 Å². The molecule has 4 N–H and O–H groups in total. The molecule has 1 aromatic rings. The number of nitrogens with one attached hydrogen (secondary N) is 4. The fraction of sp³-hybridized carbons (Fsp3) is 0.333. The van der Waals surface area contributed by atoms with Crippen LogP contribution in [0, 0.1) is 0 Å². The average molecular weight is 314 g/mol. The van der Waals surface area contributed by atoms with Gasteiger partial charge in [-0.15, -0.1) is 0 Å². The van der Waals surface area contributed by atoms with Crippen molar-refractivity contribution in [1.29, 1.82) is 0 Å². The molecule has 3 amide bonds. The van der Waals surface area contributed by atoms with Crippen LogP contribution in [-0.2, 0) is 14.8 Å². The minimum Gasteiger partial charge on any atom is -0.374 e. The number of urea groups is 1. The van der Waals surface area contributed by atoms with Crippen LogP contribution in [0.25, 0.3) is 0 Å². The molecule has 1 aromatic carbocycles. The zero-order valence-electron chi connectivity index (χ0n) is 11.9. The molecule has 21 heavy (non-hydrogen) atoms. The summed E-state index contributed by atoms with van der Waals surface area (Å²) in [6.45, 7) is 1.60. The molecule has 0 saturated carbocycles. The van der Waals surface area contributed by atoms with Gasteiger partial charge in [0.1, 0.15) is 6.04 Å². The molecule has 0 aliphatic carbocycles. The van der Waals surface area contributed by atoms with Crippen molar-refractivity contribution in [2.45, 2.75) is 13.0 Å². The number of amides is 3. The number of benzene rings is 1. The lowest BCUT2D eigenvalue weighted by Gasteiger charge is -2.15. The van der Waals surface area contributed by atoms with Crippen LogP contribution in [0.3, 0.4) is 0 Å². The first kappa shape index (κ1) is 16.8. The molecule has 116 valence electrons. The molecule has 0 spiro atoms. The zero-order chi connectivity index (χ0) is 16.0. The summed E-state index contributed by atoms with van der Waals surface area (Å²) in [5.41, 5.74) is 1.04. The molecule has 0 saturated heterocycles. The lowest BCUT2D eigenvalue weighted by atomic mass is 10.2. The maximum absolute atomic E-state index is 11.6. The van der Waals surface area contributed by atoms with Gasteiger partial charge in [-0.2, -0.15) is 0 Å². The summed E-state index contributed by atoms with van der Waals surface area (Å²) in [4.78, 5) is 22.7. The van der Waals surface area contributed by atoms with Crippen LogP contribution in [0.2, 0.25) is 0 Å². The molecular weight excluding hydrogens is 296 g/mol. The van der Waals surface area contributed by atoms with E-state index in [0.29, 0.717) is 11.4 Å². The number of rotatable bonds is 5. The molecule has 0 fully saturated rings. The Bertz CT molecular complexity index is 613. The summed E-state index contributed by atoms with van der Waals surface area (Å²) >= 11 is 0. The summed E-state index contributed by atoms with van der Waals surface area (Å²) in [7, 11) is -1.91. The Morgan fingerprint density at radius 1 is 1.10 bits per heavy atom. The highest BCUT2D eigenvalue weighted by Crippen LogP contribution is 2.15. The lowest BCUT2D eigenvalue weighted by molar-refractivity contribution is -0.120. The normalized spacial score (nSPS) is 12.1. The Kier molecular flexibility index (Phi) is 5.53. The quantitative estimate of drug-likeness (QED) is 0.624. The SMILES string of the molecule is CNC(=O)NC(=O)[C@H](C)Nc1ccc(NS(C)(=O)=O)cc1. The van der Waals surface area contributed by atoms with Crippen LogP contribution in [0.15, 0.2) is 24.3 Å². The first-order valence-electron chi connectivity index (χ1n) is 6.08. The van der Waals surface area contributed by atoms with E-state index in [-0.39, 0.29) is 0 Å². The van der Waals surface area contributed by atoms with Gasteiger partial charge in [0, 0.05) is 18.4 Å². The van der Waals surface area contributed by atoms with Crippen molar-refractivity contribution in [3.63, 3.8) is 0 Å². The smallest absolute Gasteiger partial charge is 0.321 e. The van der Waals surface area contributed by atoms with E-state index in [1.54, 1.807) is 31.2 Å². The first-order valence-corrected chi connectivity index (χ1v) is 7.97. The summed E-state index contributed by atoms with van der Waals surface area (Å²) in [6.07, 6.45) is 1.06. The number of anilines is 2. The highest BCUT2D eigenvalue weighted by atomic mass is 32.2. The number of hydrogen-bond donors (Lipinski definition) is 4. The van der Waals surface area contributed by atoms with E-state index in [9.17, 15) is 18.0 Å². The standard InChI is InChI=1S/C12H18N4O4S/c1-8(11(17)15-12(18)13-2)14-9-4-6-10(7-5-9)16-21(3,19)20/h4-8,14,16H,1-3H3,(H2,13,15,17,18)/t8-/m0/s1. The monoisotopic (exact) mass is 314 g/mol. The Hall–Kier alpha value is -2.29. The highest BCUT2D eigenvalue weighted by Gasteiger charge is 2.14. The first-order chi connectivity index (χ1) is 9.71. The summed E-state index contributed by atoms with van der Waals surface area (Å²) in [6, 6.07) is 5.16. The molecule has 0 aliphatic heterocycles. The third-order valence-corrected chi connectivity index (χ3v) is 3.03. The van der Waals surface area contributed by atoms with Gasteiger partial charge in [0.15, 0.2) is 0 Å².